The SMILES string of the molecule is [C-]#[N+]C1(C)CC(C)(C)CC2(C1)OCCO2. The summed E-state index contributed by atoms with van der Waals surface area (Å²) in [5, 5.41) is 0. The molecule has 1 unspecified atom stereocenters. The van der Waals surface area contributed by atoms with Gasteiger partial charge in [0.2, 0.25) is 5.54 Å². The molecule has 3 heteroatoms. The number of hydrogen-bond donors (Lipinski definition) is 0. The van der Waals surface area contributed by atoms with E-state index in [9.17, 15) is 0 Å². The average molecular weight is 209 g/mol. The topological polar surface area (TPSA) is 22.8 Å². The van der Waals surface area contributed by atoms with Crippen molar-refractivity contribution >= 4 is 0 Å². The Bertz CT molecular complexity index is 299. The summed E-state index contributed by atoms with van der Waals surface area (Å²) in [4.78, 5) is 3.78. The Morgan fingerprint density at radius 3 is 2.13 bits per heavy atom. The fraction of sp³-hybridized carbons (Fsp3) is 0.917. The Hall–Kier alpha value is -0.590. The molecule has 2 fully saturated rings. The molecule has 1 spiro atoms. The first-order valence-electron chi connectivity index (χ1n) is 5.55. The smallest absolute Gasteiger partial charge is 0.235 e. The van der Waals surface area contributed by atoms with Gasteiger partial charge in [0.25, 0.3) is 0 Å². The lowest BCUT2D eigenvalue weighted by molar-refractivity contribution is -0.207. The fourth-order valence-electron chi connectivity index (χ4n) is 3.31. The maximum Gasteiger partial charge on any atom is 0.235 e. The van der Waals surface area contributed by atoms with Crippen LogP contribution < -0.4 is 0 Å². The highest BCUT2D eigenvalue weighted by Gasteiger charge is 2.56. The molecule has 2 aliphatic rings. The first-order valence-corrected chi connectivity index (χ1v) is 5.55. The van der Waals surface area contributed by atoms with Gasteiger partial charge in [0.15, 0.2) is 5.79 Å². The molecule has 0 aromatic rings. The molecular weight excluding hydrogens is 190 g/mol. The molecule has 1 saturated heterocycles. The summed E-state index contributed by atoms with van der Waals surface area (Å²) >= 11 is 0. The Kier molecular flexibility index (Phi) is 2.33. The van der Waals surface area contributed by atoms with Gasteiger partial charge in [-0.25, -0.2) is 6.57 Å². The lowest BCUT2D eigenvalue weighted by Crippen LogP contribution is -2.49. The monoisotopic (exact) mass is 209 g/mol. The van der Waals surface area contributed by atoms with E-state index in [1.807, 2.05) is 6.92 Å². The summed E-state index contributed by atoms with van der Waals surface area (Å²) in [6.45, 7) is 15.1. The van der Waals surface area contributed by atoms with Crippen LogP contribution in [0.25, 0.3) is 4.85 Å². The summed E-state index contributed by atoms with van der Waals surface area (Å²) in [5.41, 5.74) is -0.200. The highest BCUT2D eigenvalue weighted by molar-refractivity contribution is 5.07. The third-order valence-electron chi connectivity index (χ3n) is 3.34. The molecule has 84 valence electrons. The van der Waals surface area contributed by atoms with Crippen LogP contribution in [0, 0.1) is 12.0 Å². The van der Waals surface area contributed by atoms with E-state index in [1.165, 1.54) is 0 Å². The maximum atomic E-state index is 7.33. The van der Waals surface area contributed by atoms with E-state index in [-0.39, 0.29) is 11.0 Å². The van der Waals surface area contributed by atoms with Crippen LogP contribution in [0.2, 0.25) is 0 Å². The molecule has 0 aromatic heterocycles. The molecule has 3 nitrogen and oxygen atoms in total. The van der Waals surface area contributed by atoms with E-state index in [2.05, 4.69) is 18.7 Å². The van der Waals surface area contributed by atoms with E-state index in [0.29, 0.717) is 19.6 Å². The van der Waals surface area contributed by atoms with Crippen LogP contribution in [0.1, 0.15) is 40.0 Å². The Morgan fingerprint density at radius 2 is 1.60 bits per heavy atom. The molecule has 0 amide bonds. The summed E-state index contributed by atoms with van der Waals surface area (Å²) in [6, 6.07) is 0. The van der Waals surface area contributed by atoms with Crippen molar-refractivity contribution in [3.63, 3.8) is 0 Å². The average Bonchev–Trinajstić information content (AvgIpc) is 2.49. The van der Waals surface area contributed by atoms with E-state index in [0.717, 1.165) is 12.8 Å². The van der Waals surface area contributed by atoms with Gasteiger partial charge in [-0.15, -0.1) is 0 Å². The molecule has 2 rings (SSSR count). The molecule has 0 bridgehead atoms. The molecule has 1 atom stereocenters. The molecule has 15 heavy (non-hydrogen) atoms. The molecule has 1 aliphatic heterocycles. The molecule has 0 aromatic carbocycles. The zero-order valence-corrected chi connectivity index (χ0v) is 9.80. The van der Waals surface area contributed by atoms with Crippen molar-refractivity contribution in [2.45, 2.75) is 51.4 Å². The van der Waals surface area contributed by atoms with Gasteiger partial charge in [-0.3, -0.25) is 0 Å². The largest absolute Gasteiger partial charge is 0.347 e. The number of ether oxygens (including phenoxy) is 2. The minimum atomic E-state index is -0.471. The molecule has 1 heterocycles. The van der Waals surface area contributed by atoms with Crippen molar-refractivity contribution in [1.29, 1.82) is 0 Å². The number of nitrogens with zero attached hydrogens (tertiary/aromatic N) is 1. The minimum absolute atomic E-state index is 0.127. The predicted molar refractivity (Wildman–Crippen MR) is 57.3 cm³/mol. The molecule has 0 N–H and O–H groups in total. The quantitative estimate of drug-likeness (QED) is 0.572. The predicted octanol–water partition coefficient (Wildman–Crippen LogP) is 2.62. The molecule has 1 aliphatic carbocycles. The highest BCUT2D eigenvalue weighted by atomic mass is 16.7. The second-order valence-corrected chi connectivity index (χ2v) is 5.91. The second kappa shape index (κ2) is 3.20. The maximum absolute atomic E-state index is 7.33. The summed E-state index contributed by atoms with van der Waals surface area (Å²) in [7, 11) is 0. The number of hydrogen-bond acceptors (Lipinski definition) is 2. The van der Waals surface area contributed by atoms with Gasteiger partial charge in [-0.1, -0.05) is 13.8 Å². The lowest BCUT2D eigenvalue weighted by atomic mass is 9.66. The molecular formula is C12H19NO2. The van der Waals surface area contributed by atoms with Crippen molar-refractivity contribution in [1.82, 2.24) is 0 Å². The van der Waals surface area contributed by atoms with E-state index >= 15 is 0 Å². The van der Waals surface area contributed by atoms with Gasteiger partial charge >= 0.3 is 0 Å². The fourth-order valence-corrected chi connectivity index (χ4v) is 3.31. The Morgan fingerprint density at radius 1 is 1.00 bits per heavy atom. The van der Waals surface area contributed by atoms with E-state index < -0.39 is 5.79 Å². The van der Waals surface area contributed by atoms with E-state index in [1.54, 1.807) is 0 Å². The van der Waals surface area contributed by atoms with Crippen LogP contribution in [0.5, 0.6) is 0 Å². The normalized spacial score (nSPS) is 37.7. The zero-order chi connectivity index (χ0) is 11.2. The van der Waals surface area contributed by atoms with Crippen molar-refractivity contribution in [3.8, 4) is 0 Å². The molecule has 0 radical (unpaired) electrons. The van der Waals surface area contributed by atoms with Gasteiger partial charge in [-0.05, 0) is 5.41 Å². The third-order valence-corrected chi connectivity index (χ3v) is 3.34. The first kappa shape index (κ1) is 10.9. The first-order chi connectivity index (χ1) is 6.89. The van der Waals surface area contributed by atoms with Crippen molar-refractivity contribution in [2.75, 3.05) is 13.2 Å². The Balaban J connectivity index is 2.26. The van der Waals surface area contributed by atoms with Crippen LogP contribution in [-0.2, 0) is 9.47 Å². The second-order valence-electron chi connectivity index (χ2n) is 5.91. The van der Waals surface area contributed by atoms with Gasteiger partial charge in [0, 0.05) is 19.8 Å². The van der Waals surface area contributed by atoms with Crippen molar-refractivity contribution in [3.05, 3.63) is 11.4 Å². The van der Waals surface area contributed by atoms with Crippen LogP contribution >= 0.6 is 0 Å². The van der Waals surface area contributed by atoms with Crippen LogP contribution in [-0.4, -0.2) is 24.5 Å². The van der Waals surface area contributed by atoms with Crippen molar-refractivity contribution < 1.29 is 9.47 Å². The zero-order valence-electron chi connectivity index (χ0n) is 9.80. The minimum Gasteiger partial charge on any atom is -0.347 e. The van der Waals surface area contributed by atoms with Gasteiger partial charge in [-0.2, -0.15) is 0 Å². The van der Waals surface area contributed by atoms with Crippen LogP contribution in [0.4, 0.5) is 0 Å². The van der Waals surface area contributed by atoms with Crippen LogP contribution in [0.3, 0.4) is 0 Å². The Labute approximate surface area is 91.6 Å². The van der Waals surface area contributed by atoms with Gasteiger partial charge < -0.3 is 14.3 Å². The van der Waals surface area contributed by atoms with Gasteiger partial charge in [0.05, 0.1) is 19.6 Å². The van der Waals surface area contributed by atoms with E-state index in [4.69, 9.17) is 16.0 Å². The summed E-state index contributed by atoms with van der Waals surface area (Å²) < 4.78 is 11.5. The standard InChI is InChI=1S/C12H19NO2/c1-10(2)7-11(3,13-4)9-12(8-10)14-5-6-15-12/h5-9H2,1-3H3. The van der Waals surface area contributed by atoms with Crippen molar-refractivity contribution in [2.24, 2.45) is 5.41 Å². The molecule has 1 saturated carbocycles. The third kappa shape index (κ3) is 2.02. The van der Waals surface area contributed by atoms with Gasteiger partial charge in [0.1, 0.15) is 0 Å². The lowest BCUT2D eigenvalue weighted by Gasteiger charge is -2.44. The summed E-state index contributed by atoms with van der Waals surface area (Å²) in [6.07, 6.45) is 2.55. The number of rotatable bonds is 0. The van der Waals surface area contributed by atoms with Crippen LogP contribution in [0.15, 0.2) is 0 Å². The highest BCUT2D eigenvalue weighted by Crippen LogP contribution is 2.50. The summed E-state index contributed by atoms with van der Waals surface area (Å²) in [5.74, 6) is -0.471.